The molecule has 0 aliphatic carbocycles. The van der Waals surface area contributed by atoms with E-state index in [0.717, 1.165) is 0 Å². The van der Waals surface area contributed by atoms with E-state index in [2.05, 4.69) is 0 Å². The second kappa shape index (κ2) is 5.39. The summed E-state index contributed by atoms with van der Waals surface area (Å²) in [7, 11) is 0. The van der Waals surface area contributed by atoms with Crippen LogP contribution in [0.4, 0.5) is 4.39 Å². The minimum absolute atomic E-state index is 0.781. The monoisotopic (exact) mass is 184 g/mol. The first kappa shape index (κ1) is 11.7. The molecule has 0 heterocycles. The molecule has 0 bridgehead atoms. The van der Waals surface area contributed by atoms with E-state index >= 15 is 0 Å². The predicted molar refractivity (Wildman–Crippen MR) is 37.1 cm³/mol. The number of hydrogen-bond donors (Lipinski definition) is 5. The van der Waals surface area contributed by atoms with Crippen LogP contribution in [0.15, 0.2) is 0 Å². The molecule has 6 heteroatoms. The molecule has 0 saturated heterocycles. The van der Waals surface area contributed by atoms with Crippen LogP contribution in [0.5, 0.6) is 0 Å². The fourth-order valence-corrected chi connectivity index (χ4v) is 0.658. The zero-order valence-corrected chi connectivity index (χ0v) is 6.34. The molecule has 0 aromatic carbocycles. The Morgan fingerprint density at radius 3 is 1.75 bits per heavy atom. The zero-order valence-electron chi connectivity index (χ0n) is 6.34. The first-order chi connectivity index (χ1) is 5.54. The van der Waals surface area contributed by atoms with Gasteiger partial charge in [-0.25, -0.2) is 4.39 Å². The van der Waals surface area contributed by atoms with Crippen molar-refractivity contribution in [2.24, 2.45) is 0 Å². The number of rotatable bonds is 5. The third-order valence-corrected chi connectivity index (χ3v) is 1.48. The van der Waals surface area contributed by atoms with Crippen LogP contribution in [-0.2, 0) is 0 Å². The van der Waals surface area contributed by atoms with Crippen molar-refractivity contribution in [1.82, 2.24) is 0 Å². The van der Waals surface area contributed by atoms with Gasteiger partial charge in [-0.1, -0.05) is 0 Å². The van der Waals surface area contributed by atoms with Gasteiger partial charge in [0, 0.05) is 0 Å². The molecule has 0 amide bonds. The molecule has 0 fully saturated rings. The number of hydrogen-bond acceptors (Lipinski definition) is 5. The standard InChI is InChI=1S/C6H13FO5/c7-3(1-8)5(11)6(12)4(10)2-9/h3-6,8-12H,1-2H2/t3-,4-,5+,6+/m0/s1. The average Bonchev–Trinajstić information content (AvgIpc) is 2.12. The van der Waals surface area contributed by atoms with Crippen LogP contribution >= 0.6 is 0 Å². The molecule has 74 valence electrons. The molecule has 4 atom stereocenters. The fraction of sp³-hybridized carbons (Fsp3) is 1.00. The largest absolute Gasteiger partial charge is 0.394 e. The minimum atomic E-state index is -2.03. The Balaban J connectivity index is 3.99. The van der Waals surface area contributed by atoms with Gasteiger partial charge in [0.05, 0.1) is 13.2 Å². The average molecular weight is 184 g/mol. The maximum absolute atomic E-state index is 12.4. The molecule has 0 aromatic heterocycles. The van der Waals surface area contributed by atoms with Crippen molar-refractivity contribution in [2.75, 3.05) is 13.2 Å². The lowest BCUT2D eigenvalue weighted by Gasteiger charge is -2.22. The molecule has 0 aliphatic rings. The smallest absolute Gasteiger partial charge is 0.151 e. The predicted octanol–water partition coefficient (Wildman–Crippen LogP) is -2.61. The Morgan fingerprint density at radius 2 is 1.42 bits per heavy atom. The van der Waals surface area contributed by atoms with E-state index in [0.29, 0.717) is 0 Å². The van der Waals surface area contributed by atoms with Crippen LogP contribution in [-0.4, -0.2) is 63.2 Å². The van der Waals surface area contributed by atoms with Gasteiger partial charge >= 0.3 is 0 Å². The molecule has 12 heavy (non-hydrogen) atoms. The highest BCUT2D eigenvalue weighted by molar-refractivity contribution is 4.80. The summed E-state index contributed by atoms with van der Waals surface area (Å²) in [5.74, 6) is 0. The summed E-state index contributed by atoms with van der Waals surface area (Å²) in [6.45, 7) is -1.73. The van der Waals surface area contributed by atoms with Gasteiger partial charge in [0.1, 0.15) is 18.3 Å². The second-order valence-electron chi connectivity index (χ2n) is 2.43. The van der Waals surface area contributed by atoms with Gasteiger partial charge in [0.2, 0.25) is 0 Å². The van der Waals surface area contributed by atoms with Crippen molar-refractivity contribution in [2.45, 2.75) is 24.5 Å². The second-order valence-corrected chi connectivity index (χ2v) is 2.43. The van der Waals surface area contributed by atoms with Gasteiger partial charge in [-0.3, -0.25) is 0 Å². The van der Waals surface area contributed by atoms with Crippen molar-refractivity contribution >= 4 is 0 Å². The Bertz CT molecular complexity index is 109. The topological polar surface area (TPSA) is 101 Å². The van der Waals surface area contributed by atoms with Crippen LogP contribution in [0.25, 0.3) is 0 Å². The van der Waals surface area contributed by atoms with E-state index in [1.165, 1.54) is 0 Å². The van der Waals surface area contributed by atoms with Crippen LogP contribution in [0.3, 0.4) is 0 Å². The van der Waals surface area contributed by atoms with Crippen molar-refractivity contribution in [1.29, 1.82) is 0 Å². The van der Waals surface area contributed by atoms with Crippen LogP contribution < -0.4 is 0 Å². The van der Waals surface area contributed by atoms with Gasteiger partial charge in [-0.05, 0) is 0 Å². The Morgan fingerprint density at radius 1 is 0.917 bits per heavy atom. The Kier molecular flexibility index (Phi) is 5.27. The summed E-state index contributed by atoms with van der Waals surface area (Å²) in [6, 6.07) is 0. The van der Waals surface area contributed by atoms with Crippen molar-refractivity contribution in [3.63, 3.8) is 0 Å². The van der Waals surface area contributed by atoms with E-state index in [1.807, 2.05) is 0 Å². The van der Waals surface area contributed by atoms with Gasteiger partial charge in [-0.15, -0.1) is 0 Å². The normalized spacial score (nSPS) is 21.5. The van der Waals surface area contributed by atoms with E-state index in [-0.39, 0.29) is 0 Å². The number of alkyl halides is 1. The molecular formula is C6H13FO5. The lowest BCUT2D eigenvalue weighted by Crippen LogP contribution is -2.45. The van der Waals surface area contributed by atoms with Crippen LogP contribution in [0.1, 0.15) is 0 Å². The van der Waals surface area contributed by atoms with Crippen molar-refractivity contribution < 1.29 is 29.9 Å². The maximum Gasteiger partial charge on any atom is 0.151 e. The lowest BCUT2D eigenvalue weighted by atomic mass is 10.1. The van der Waals surface area contributed by atoms with Crippen LogP contribution in [0.2, 0.25) is 0 Å². The molecule has 0 aliphatic heterocycles. The third-order valence-electron chi connectivity index (χ3n) is 1.48. The highest BCUT2D eigenvalue weighted by atomic mass is 19.1. The fourth-order valence-electron chi connectivity index (χ4n) is 0.658. The lowest BCUT2D eigenvalue weighted by molar-refractivity contribution is -0.106. The SMILES string of the molecule is OC[C@H](O)[C@@H](O)[C@H](O)[C@@H](F)CO. The molecule has 0 aromatic rings. The van der Waals surface area contributed by atoms with E-state index in [9.17, 15) is 4.39 Å². The quantitative estimate of drug-likeness (QED) is 0.322. The van der Waals surface area contributed by atoms with E-state index in [4.69, 9.17) is 25.5 Å². The molecule has 5 nitrogen and oxygen atoms in total. The molecule has 0 radical (unpaired) electrons. The summed E-state index contributed by atoms with van der Waals surface area (Å²) in [6.07, 6.45) is -7.32. The summed E-state index contributed by atoms with van der Waals surface area (Å²) in [5.41, 5.74) is 0. The number of aliphatic hydroxyl groups is 5. The number of halogens is 1. The van der Waals surface area contributed by atoms with E-state index < -0.39 is 37.7 Å². The molecule has 0 spiro atoms. The van der Waals surface area contributed by atoms with Crippen molar-refractivity contribution in [3.8, 4) is 0 Å². The minimum Gasteiger partial charge on any atom is -0.394 e. The molecule has 5 N–H and O–H groups in total. The summed E-state index contributed by atoms with van der Waals surface area (Å²) < 4.78 is 12.4. The molecule has 0 rings (SSSR count). The Hall–Kier alpha value is -0.270. The Labute approximate surface area is 68.7 Å². The summed E-state index contributed by atoms with van der Waals surface area (Å²) in [4.78, 5) is 0. The molecular weight excluding hydrogens is 171 g/mol. The van der Waals surface area contributed by atoms with Gasteiger partial charge < -0.3 is 25.5 Å². The van der Waals surface area contributed by atoms with E-state index in [1.54, 1.807) is 0 Å². The molecule has 0 unspecified atom stereocenters. The van der Waals surface area contributed by atoms with Crippen LogP contribution in [0, 0.1) is 0 Å². The highest BCUT2D eigenvalue weighted by Crippen LogP contribution is 2.07. The third kappa shape index (κ3) is 3.00. The van der Waals surface area contributed by atoms with Gasteiger partial charge in [-0.2, -0.15) is 0 Å². The number of aliphatic hydroxyl groups excluding tert-OH is 5. The highest BCUT2D eigenvalue weighted by Gasteiger charge is 2.30. The van der Waals surface area contributed by atoms with Gasteiger partial charge in [0.15, 0.2) is 6.17 Å². The van der Waals surface area contributed by atoms with Crippen molar-refractivity contribution in [3.05, 3.63) is 0 Å². The first-order valence-electron chi connectivity index (χ1n) is 3.44. The zero-order chi connectivity index (χ0) is 9.72. The van der Waals surface area contributed by atoms with Gasteiger partial charge in [0.25, 0.3) is 0 Å². The summed E-state index contributed by atoms with van der Waals surface area (Å²) in [5, 5.41) is 43.0. The maximum atomic E-state index is 12.4. The summed E-state index contributed by atoms with van der Waals surface area (Å²) >= 11 is 0. The first-order valence-corrected chi connectivity index (χ1v) is 3.44. The molecule has 0 saturated carbocycles.